The fourth-order valence-corrected chi connectivity index (χ4v) is 3.66. The van der Waals surface area contributed by atoms with Gasteiger partial charge in [0.2, 0.25) is 0 Å². The number of carbonyl (C=O) groups excluding carboxylic acids is 1. The molecule has 0 radical (unpaired) electrons. The van der Waals surface area contributed by atoms with Crippen LogP contribution in [0.1, 0.15) is 34.1 Å². The van der Waals surface area contributed by atoms with Gasteiger partial charge in [0.05, 0.1) is 28.4 Å². The van der Waals surface area contributed by atoms with Crippen molar-refractivity contribution in [1.82, 2.24) is 19.4 Å². The van der Waals surface area contributed by atoms with E-state index >= 15 is 0 Å². The van der Waals surface area contributed by atoms with Crippen LogP contribution in [0.4, 0.5) is 13.2 Å². The Morgan fingerprint density at radius 3 is 2.68 bits per heavy atom. The molecule has 2 aromatic heterocycles. The summed E-state index contributed by atoms with van der Waals surface area (Å²) in [5, 5.41) is 0. The number of fused-ring (bicyclic) bond motifs is 1. The molecule has 3 aromatic rings. The Labute approximate surface area is 165 Å². The zero-order valence-corrected chi connectivity index (χ0v) is 15.8. The van der Waals surface area contributed by atoms with Crippen LogP contribution in [0.25, 0.3) is 11.0 Å². The second-order valence-electron chi connectivity index (χ2n) is 6.67. The molecule has 0 saturated carbocycles. The Hall–Kier alpha value is -2.61. The van der Waals surface area contributed by atoms with Crippen LogP contribution in [0.2, 0.25) is 0 Å². The van der Waals surface area contributed by atoms with Gasteiger partial charge in [0.15, 0.2) is 0 Å². The zero-order valence-electron chi connectivity index (χ0n) is 15.0. The smallest absolute Gasteiger partial charge is 0.338 e. The fraction of sp³-hybridized carbons (Fsp3) is 0.316. The molecule has 3 heterocycles. The van der Waals surface area contributed by atoms with Gasteiger partial charge in [-0.15, -0.1) is 12.4 Å². The molecule has 0 bridgehead atoms. The van der Waals surface area contributed by atoms with Crippen molar-refractivity contribution >= 4 is 29.3 Å². The summed E-state index contributed by atoms with van der Waals surface area (Å²) in [6, 6.07) is 6.74. The Morgan fingerprint density at radius 1 is 1.21 bits per heavy atom. The van der Waals surface area contributed by atoms with Crippen molar-refractivity contribution in [3.05, 3.63) is 59.7 Å². The number of likely N-dealkylation sites (tertiary alicyclic amines) is 1. The minimum absolute atomic E-state index is 0. The summed E-state index contributed by atoms with van der Waals surface area (Å²) < 4.78 is 41.6. The summed E-state index contributed by atoms with van der Waals surface area (Å²) in [4.78, 5) is 22.9. The first-order valence-corrected chi connectivity index (χ1v) is 8.58. The number of halogens is 4. The van der Waals surface area contributed by atoms with E-state index in [1.165, 1.54) is 23.1 Å². The maximum atomic E-state index is 13.2. The monoisotopic (exact) mass is 410 g/mol. The van der Waals surface area contributed by atoms with Gasteiger partial charge in [0, 0.05) is 32.3 Å². The van der Waals surface area contributed by atoms with Gasteiger partial charge in [0.1, 0.15) is 5.82 Å². The Balaban J connectivity index is 0.00000225. The predicted molar refractivity (Wildman–Crippen MR) is 100 cm³/mol. The number of hydrogen-bond acceptors (Lipinski definition) is 3. The van der Waals surface area contributed by atoms with Crippen LogP contribution in [0.5, 0.6) is 0 Å². The summed E-state index contributed by atoms with van der Waals surface area (Å²) in [5.74, 6) is 0.202. The molecule has 1 amide bonds. The highest BCUT2D eigenvalue weighted by Crippen LogP contribution is 2.34. The normalized spacial score (nSPS) is 17.0. The number of aromatic nitrogens is 3. The van der Waals surface area contributed by atoms with Gasteiger partial charge in [0.25, 0.3) is 5.91 Å². The second kappa shape index (κ2) is 7.43. The van der Waals surface area contributed by atoms with E-state index in [1.54, 1.807) is 12.4 Å². The van der Waals surface area contributed by atoms with Crippen molar-refractivity contribution in [2.75, 3.05) is 13.1 Å². The van der Waals surface area contributed by atoms with E-state index in [-0.39, 0.29) is 23.9 Å². The van der Waals surface area contributed by atoms with Crippen LogP contribution >= 0.6 is 12.4 Å². The van der Waals surface area contributed by atoms with Crippen molar-refractivity contribution in [3.8, 4) is 0 Å². The van der Waals surface area contributed by atoms with Gasteiger partial charge in [-0.2, -0.15) is 13.2 Å². The number of hydrogen-bond donors (Lipinski definition) is 0. The summed E-state index contributed by atoms with van der Waals surface area (Å²) in [6.45, 7) is 0.743. The molecule has 1 saturated heterocycles. The zero-order chi connectivity index (χ0) is 19.2. The van der Waals surface area contributed by atoms with Crippen molar-refractivity contribution in [3.63, 3.8) is 0 Å². The Kier molecular flexibility index (Phi) is 5.34. The largest absolute Gasteiger partial charge is 0.417 e. The third-order valence-corrected chi connectivity index (χ3v) is 5.02. The van der Waals surface area contributed by atoms with Gasteiger partial charge in [-0.3, -0.25) is 9.78 Å². The Bertz CT molecular complexity index is 1020. The second-order valence-corrected chi connectivity index (χ2v) is 6.67. The number of nitrogens with zero attached hydrogens (tertiary/aromatic N) is 4. The molecule has 1 aliphatic heterocycles. The SMILES string of the molecule is Cl.Cn1c(C2CCN(C(=O)c3ccccc3C(F)(F)F)C2)nc2ccncc21. The van der Waals surface area contributed by atoms with Gasteiger partial charge in [-0.25, -0.2) is 4.98 Å². The standard InChI is InChI=1S/C19H17F3N4O.ClH/c1-25-16-10-23-8-6-15(16)24-17(25)12-7-9-26(11-12)18(27)13-4-2-3-5-14(13)19(20,21)22;/h2-6,8,10,12H,7,9,11H2,1H3;1H. The molecule has 0 spiro atoms. The molecule has 1 aromatic carbocycles. The van der Waals surface area contributed by atoms with E-state index in [4.69, 9.17) is 0 Å². The van der Waals surface area contributed by atoms with E-state index in [2.05, 4.69) is 9.97 Å². The molecular weight excluding hydrogens is 393 g/mol. The van der Waals surface area contributed by atoms with Crippen LogP contribution in [0.15, 0.2) is 42.7 Å². The predicted octanol–water partition coefficient (Wildman–Crippen LogP) is 4.04. The maximum Gasteiger partial charge on any atom is 0.417 e. The molecule has 148 valence electrons. The first-order chi connectivity index (χ1) is 12.9. The third-order valence-electron chi connectivity index (χ3n) is 5.02. The minimum atomic E-state index is -4.56. The highest BCUT2D eigenvalue weighted by atomic mass is 35.5. The molecule has 0 N–H and O–H groups in total. The van der Waals surface area contributed by atoms with Gasteiger partial charge in [-0.05, 0) is 24.6 Å². The van der Waals surface area contributed by atoms with Gasteiger partial charge >= 0.3 is 6.18 Å². The molecular formula is C19H18ClF3N4O. The van der Waals surface area contributed by atoms with Crippen molar-refractivity contribution in [2.45, 2.75) is 18.5 Å². The summed E-state index contributed by atoms with van der Waals surface area (Å²) in [7, 11) is 1.88. The van der Waals surface area contributed by atoms with Crippen LogP contribution in [0, 0.1) is 0 Å². The van der Waals surface area contributed by atoms with Crippen LogP contribution in [-0.4, -0.2) is 38.4 Å². The van der Waals surface area contributed by atoms with E-state index in [0.717, 1.165) is 22.9 Å². The molecule has 1 atom stereocenters. The molecule has 28 heavy (non-hydrogen) atoms. The molecule has 0 aliphatic carbocycles. The lowest BCUT2D eigenvalue weighted by molar-refractivity contribution is -0.138. The van der Waals surface area contributed by atoms with Crippen LogP contribution in [0.3, 0.4) is 0 Å². The third kappa shape index (κ3) is 3.44. The van der Waals surface area contributed by atoms with E-state index in [0.29, 0.717) is 19.5 Å². The topological polar surface area (TPSA) is 51.0 Å². The average Bonchev–Trinajstić information content (AvgIpc) is 3.26. The molecule has 1 fully saturated rings. The number of aryl methyl sites for hydroxylation is 1. The minimum Gasteiger partial charge on any atom is -0.338 e. The number of benzene rings is 1. The van der Waals surface area contributed by atoms with Crippen LogP contribution in [-0.2, 0) is 13.2 Å². The average molecular weight is 411 g/mol. The number of imidazole rings is 1. The van der Waals surface area contributed by atoms with Crippen LogP contribution < -0.4 is 0 Å². The van der Waals surface area contributed by atoms with E-state index in [9.17, 15) is 18.0 Å². The molecule has 1 aliphatic rings. The van der Waals surface area contributed by atoms with Crippen molar-refractivity contribution in [1.29, 1.82) is 0 Å². The summed E-state index contributed by atoms with van der Waals surface area (Å²) in [5.41, 5.74) is 0.501. The first-order valence-electron chi connectivity index (χ1n) is 8.58. The molecule has 4 rings (SSSR count). The lowest BCUT2D eigenvalue weighted by Gasteiger charge is -2.19. The highest BCUT2D eigenvalue weighted by molar-refractivity contribution is 5.96. The molecule has 9 heteroatoms. The van der Waals surface area contributed by atoms with Gasteiger partial charge in [-0.1, -0.05) is 12.1 Å². The fourth-order valence-electron chi connectivity index (χ4n) is 3.66. The quantitative estimate of drug-likeness (QED) is 0.640. The number of amides is 1. The number of pyridine rings is 1. The summed E-state index contributed by atoms with van der Waals surface area (Å²) >= 11 is 0. The maximum absolute atomic E-state index is 13.2. The van der Waals surface area contributed by atoms with Crippen molar-refractivity contribution in [2.24, 2.45) is 7.05 Å². The van der Waals surface area contributed by atoms with E-state index < -0.39 is 17.6 Å². The Morgan fingerprint density at radius 2 is 1.96 bits per heavy atom. The highest BCUT2D eigenvalue weighted by Gasteiger charge is 2.38. The first kappa shape index (κ1) is 20.1. The van der Waals surface area contributed by atoms with E-state index in [1.807, 2.05) is 17.7 Å². The lowest BCUT2D eigenvalue weighted by atomic mass is 10.1. The molecule has 1 unspecified atom stereocenters. The van der Waals surface area contributed by atoms with Gasteiger partial charge < -0.3 is 9.47 Å². The number of alkyl halides is 3. The number of rotatable bonds is 2. The number of carbonyl (C=O) groups is 1. The van der Waals surface area contributed by atoms with Crippen molar-refractivity contribution < 1.29 is 18.0 Å². The molecule has 5 nitrogen and oxygen atoms in total. The lowest BCUT2D eigenvalue weighted by Crippen LogP contribution is -2.30. The summed E-state index contributed by atoms with van der Waals surface area (Å²) in [6.07, 6.45) is -0.513.